The number of carboxylic acid groups (broad SMARTS) is 1. The van der Waals surface area contributed by atoms with E-state index in [1.807, 2.05) is 23.1 Å². The largest absolute Gasteiger partial charge is 0.479 e. The second-order valence-electron chi connectivity index (χ2n) is 20.1. The van der Waals surface area contributed by atoms with E-state index < -0.39 is 40.7 Å². The Balaban J connectivity index is 0.000000169. The normalized spacial score (nSPS) is 16.5. The van der Waals surface area contributed by atoms with Gasteiger partial charge in [0.2, 0.25) is 0 Å². The van der Waals surface area contributed by atoms with Gasteiger partial charge in [-0.25, -0.2) is 21.6 Å². The molecule has 2 spiro atoms. The summed E-state index contributed by atoms with van der Waals surface area (Å²) in [7, 11) is -6.87. The molecule has 372 valence electrons. The number of aromatic carboxylic acids is 1. The molecule has 70 heavy (non-hydrogen) atoms. The van der Waals surface area contributed by atoms with Crippen LogP contribution in [0, 0.1) is 13.8 Å². The van der Waals surface area contributed by atoms with Gasteiger partial charge in [0.1, 0.15) is 11.5 Å². The van der Waals surface area contributed by atoms with Crippen LogP contribution in [0.2, 0.25) is 0 Å². The van der Waals surface area contributed by atoms with Crippen LogP contribution >= 0.6 is 0 Å². The monoisotopic (exact) mass is 990 g/mol. The number of nitrogens with one attached hydrogen (secondary N) is 1. The summed E-state index contributed by atoms with van der Waals surface area (Å²) in [5.74, 6) is 0.720. The number of ether oxygens (including phenoxy) is 2. The highest BCUT2D eigenvalue weighted by atomic mass is 32.2. The molecule has 2 aromatic heterocycles. The molecular weight excluding hydrogens is 925 g/mol. The Morgan fingerprint density at radius 1 is 0.557 bits per heavy atom. The molecule has 0 atom stereocenters. The average Bonchev–Trinajstić information content (AvgIpc) is 3.93. The molecule has 0 bridgehead atoms. The van der Waals surface area contributed by atoms with Crippen LogP contribution in [0.5, 0.6) is 11.5 Å². The van der Waals surface area contributed by atoms with E-state index in [2.05, 4.69) is 82.9 Å². The molecule has 0 saturated carbocycles. The van der Waals surface area contributed by atoms with Crippen molar-refractivity contribution in [2.24, 2.45) is 0 Å². The number of likely N-dealkylation sites (tertiary alicyclic amines) is 1. The third kappa shape index (κ3) is 9.43. The minimum absolute atomic E-state index is 0. The van der Waals surface area contributed by atoms with Gasteiger partial charge in [0.25, 0.3) is 5.91 Å². The number of piperidine rings is 2. The Hall–Kier alpha value is -6.16. The zero-order valence-corrected chi connectivity index (χ0v) is 42.2. The Morgan fingerprint density at radius 3 is 1.34 bits per heavy atom. The number of sulfone groups is 2. The van der Waals surface area contributed by atoms with Crippen LogP contribution in [0.3, 0.4) is 0 Å². The first kappa shape index (κ1) is 51.7. The summed E-state index contributed by atoms with van der Waals surface area (Å²) in [4.78, 5) is 26.0. The van der Waals surface area contributed by atoms with Crippen molar-refractivity contribution in [3.63, 3.8) is 0 Å². The number of hydrogen-bond donors (Lipinski definition) is 2. The number of carbonyl (C=O) groups is 2. The lowest BCUT2D eigenvalue weighted by Crippen LogP contribution is -2.50. The van der Waals surface area contributed by atoms with E-state index in [1.54, 1.807) is 53.7 Å². The Labute approximate surface area is 413 Å². The van der Waals surface area contributed by atoms with Crippen molar-refractivity contribution in [1.82, 2.24) is 19.4 Å². The number of amides is 1. The maximum absolute atomic E-state index is 13.2. The van der Waals surface area contributed by atoms with Crippen molar-refractivity contribution < 1.29 is 41.0 Å². The number of carbonyl (C=O) groups excluding carboxylic acids is 1. The van der Waals surface area contributed by atoms with Gasteiger partial charge >= 0.3 is 5.97 Å². The van der Waals surface area contributed by atoms with E-state index in [-0.39, 0.29) is 34.3 Å². The summed E-state index contributed by atoms with van der Waals surface area (Å²) < 4.78 is 65.2. The highest BCUT2D eigenvalue weighted by Crippen LogP contribution is 2.47. The van der Waals surface area contributed by atoms with Gasteiger partial charge in [-0.3, -0.25) is 4.79 Å². The minimum atomic E-state index is -3.46. The van der Waals surface area contributed by atoms with Crippen LogP contribution in [0.25, 0.3) is 11.4 Å². The SMILES string of the molecule is C.CC(C)(C)S(=O)(=O)c1ccc(C(=O)O)cc1.Cc1ccc2n1-c1ccccc1OC21CCN(C(=O)c2ccc(S(=O)(=O)C(C)(C)C)cc2)CC1.Cc1ccc2n1-c1ccccc1OC21CCNCC1. The second kappa shape index (κ2) is 19.2. The van der Waals surface area contributed by atoms with Crippen LogP contribution in [0.15, 0.2) is 131 Å². The third-order valence-corrected chi connectivity index (χ3v) is 18.6. The van der Waals surface area contributed by atoms with E-state index in [4.69, 9.17) is 14.6 Å². The second-order valence-corrected chi connectivity index (χ2v) is 25.6. The summed E-state index contributed by atoms with van der Waals surface area (Å²) in [6, 6.07) is 36.7. The topological polar surface area (TPSA) is 166 Å². The minimum Gasteiger partial charge on any atom is -0.479 e. The Morgan fingerprint density at radius 2 is 0.943 bits per heavy atom. The first-order chi connectivity index (χ1) is 32.5. The van der Waals surface area contributed by atoms with E-state index in [9.17, 15) is 26.4 Å². The fourth-order valence-corrected chi connectivity index (χ4v) is 11.9. The molecule has 4 aliphatic heterocycles. The van der Waals surface area contributed by atoms with Crippen molar-refractivity contribution in [2.75, 3.05) is 26.2 Å². The molecule has 0 radical (unpaired) electrons. The quantitative estimate of drug-likeness (QED) is 0.174. The molecule has 6 heterocycles. The number of fused-ring (bicyclic) bond motifs is 8. The van der Waals surface area contributed by atoms with Gasteiger partial charge in [0.15, 0.2) is 30.9 Å². The maximum Gasteiger partial charge on any atom is 0.335 e. The zero-order valence-electron chi connectivity index (χ0n) is 40.6. The van der Waals surface area contributed by atoms with E-state index in [0.717, 1.165) is 54.5 Å². The van der Waals surface area contributed by atoms with Gasteiger partial charge in [0.05, 0.1) is 47.6 Å². The molecule has 13 nitrogen and oxygen atoms in total. The van der Waals surface area contributed by atoms with Crippen LogP contribution < -0.4 is 14.8 Å². The fraction of sp³-hybridized carbons (Fsp3) is 0.382. The molecule has 2 fully saturated rings. The van der Waals surface area contributed by atoms with Gasteiger partial charge in [-0.05, 0) is 166 Å². The van der Waals surface area contributed by atoms with Crippen LogP contribution in [0.4, 0.5) is 0 Å². The van der Waals surface area contributed by atoms with Gasteiger partial charge < -0.3 is 33.9 Å². The van der Waals surface area contributed by atoms with Gasteiger partial charge in [-0.1, -0.05) is 31.7 Å². The molecule has 4 aromatic carbocycles. The number of para-hydroxylation sites is 4. The first-order valence-corrected chi connectivity index (χ1v) is 26.3. The van der Waals surface area contributed by atoms with Gasteiger partial charge in [-0.15, -0.1) is 0 Å². The molecule has 4 aliphatic rings. The molecule has 1 amide bonds. The van der Waals surface area contributed by atoms with Crippen molar-refractivity contribution in [2.45, 2.75) is 119 Å². The van der Waals surface area contributed by atoms with Crippen LogP contribution in [0.1, 0.15) is 118 Å². The van der Waals surface area contributed by atoms with Crippen LogP contribution in [-0.4, -0.2) is 83.5 Å². The lowest BCUT2D eigenvalue weighted by atomic mass is 9.86. The molecule has 10 rings (SSSR count). The number of hydrogen-bond acceptors (Lipinski definition) is 9. The number of carboxylic acids is 1. The van der Waals surface area contributed by atoms with Crippen LogP contribution in [-0.2, 0) is 30.9 Å². The van der Waals surface area contributed by atoms with Gasteiger partial charge in [0, 0.05) is 55.7 Å². The average molecular weight is 991 g/mol. The number of aryl methyl sites for hydroxylation is 2. The highest BCUT2D eigenvalue weighted by Gasteiger charge is 2.46. The van der Waals surface area contributed by atoms with Crippen molar-refractivity contribution in [3.8, 4) is 22.9 Å². The van der Waals surface area contributed by atoms with E-state index in [1.165, 1.54) is 53.5 Å². The first-order valence-electron chi connectivity index (χ1n) is 23.4. The fourth-order valence-electron chi connectivity index (χ4n) is 9.47. The predicted molar refractivity (Wildman–Crippen MR) is 273 cm³/mol. The summed E-state index contributed by atoms with van der Waals surface area (Å²) in [5.41, 5.74) is 7.07. The standard InChI is InChI=1S/C27H30N2O4S.C16H18N2O.C11H14O4S.CH4/c1-19-9-14-24-27(33-23-8-6-5-7-22(23)29(19)24)15-17-28(18-16-27)25(30)20-10-12-21(13-11-20)34(31,32)26(2,3)4;1-12-6-7-15-16(8-10-17-11-9-16)19-14-5-3-2-4-13(14)18(12)15;1-11(2,3)16(14,15)9-6-4-8(5-7-9)10(12)13;/h5-14H,15-18H2,1-4H3;2-7,17H,8-11H2,1H3;4-7H,1-3H3,(H,12,13);1H4. The molecule has 2 saturated heterocycles. The van der Waals surface area contributed by atoms with Gasteiger partial charge in [-0.2, -0.15) is 0 Å². The summed E-state index contributed by atoms with van der Waals surface area (Å²) in [6.07, 6.45) is 3.44. The molecule has 6 aromatic rings. The number of aromatic nitrogens is 2. The summed E-state index contributed by atoms with van der Waals surface area (Å²) in [6.45, 7) is 17.3. The van der Waals surface area contributed by atoms with Crippen molar-refractivity contribution >= 4 is 31.6 Å². The highest BCUT2D eigenvalue weighted by molar-refractivity contribution is 7.93. The molecular formula is C55H66N4O9S2. The lowest BCUT2D eigenvalue weighted by Gasteiger charge is -2.45. The van der Waals surface area contributed by atoms with E-state index in [0.29, 0.717) is 31.5 Å². The summed E-state index contributed by atoms with van der Waals surface area (Å²) in [5, 5.41) is 12.1. The smallest absolute Gasteiger partial charge is 0.335 e. The predicted octanol–water partition coefficient (Wildman–Crippen LogP) is 10.2. The molecule has 0 aliphatic carbocycles. The Kier molecular flexibility index (Phi) is 14.2. The molecule has 2 N–H and O–H groups in total. The summed E-state index contributed by atoms with van der Waals surface area (Å²) >= 11 is 0. The van der Waals surface area contributed by atoms with E-state index >= 15 is 0 Å². The third-order valence-electron chi connectivity index (χ3n) is 13.6. The molecule has 15 heteroatoms. The zero-order chi connectivity index (χ0) is 49.7. The lowest BCUT2D eigenvalue weighted by molar-refractivity contribution is -0.00947. The van der Waals surface area contributed by atoms with Crippen molar-refractivity contribution in [3.05, 3.63) is 155 Å². The van der Waals surface area contributed by atoms with Crippen molar-refractivity contribution in [1.29, 1.82) is 0 Å². The number of nitrogens with zero attached hydrogens (tertiary/aromatic N) is 3. The Bertz CT molecular complexity index is 3110. The maximum atomic E-state index is 13.2. The number of rotatable bonds is 4. The number of benzene rings is 4. The molecule has 0 unspecified atom stereocenters.